The van der Waals surface area contributed by atoms with Gasteiger partial charge < -0.3 is 15.3 Å². The van der Waals surface area contributed by atoms with Crippen LogP contribution in [0.4, 0.5) is 18.0 Å². The van der Waals surface area contributed by atoms with Gasteiger partial charge in [0.2, 0.25) is 0 Å². The average molecular weight is 344 g/mol. The number of urea groups is 1. The molecule has 3 unspecified atom stereocenters. The number of carbonyl (C=O) groups is 1. The summed E-state index contributed by atoms with van der Waals surface area (Å²) in [7, 11) is 0. The highest BCUT2D eigenvalue weighted by Gasteiger charge is 2.30. The molecule has 4 nitrogen and oxygen atoms in total. The van der Waals surface area contributed by atoms with Crippen LogP contribution in [-0.4, -0.2) is 41.8 Å². The molecule has 1 aromatic rings. The number of nitrogens with one attached hydrogen (secondary N) is 1. The topological polar surface area (TPSA) is 52.6 Å². The highest BCUT2D eigenvalue weighted by Crippen LogP contribution is 2.30. The van der Waals surface area contributed by atoms with E-state index in [2.05, 4.69) is 5.32 Å². The van der Waals surface area contributed by atoms with Crippen molar-refractivity contribution in [1.82, 2.24) is 10.2 Å². The fraction of sp³-hybridized carbons (Fsp3) is 0.588. The van der Waals surface area contributed by atoms with E-state index in [9.17, 15) is 23.1 Å². The van der Waals surface area contributed by atoms with E-state index in [0.717, 1.165) is 24.1 Å². The zero-order chi connectivity index (χ0) is 17.9. The molecule has 3 atom stereocenters. The number of carbonyl (C=O) groups excluding carboxylic acids is 1. The Bertz CT molecular complexity index is 558. The van der Waals surface area contributed by atoms with E-state index < -0.39 is 17.8 Å². The van der Waals surface area contributed by atoms with Crippen LogP contribution in [0.25, 0.3) is 0 Å². The summed E-state index contributed by atoms with van der Waals surface area (Å²) >= 11 is 0. The van der Waals surface area contributed by atoms with Crippen molar-refractivity contribution < 1.29 is 23.1 Å². The number of alkyl halides is 3. The molecular weight excluding hydrogens is 321 g/mol. The van der Waals surface area contributed by atoms with Crippen LogP contribution in [0.1, 0.15) is 37.3 Å². The lowest BCUT2D eigenvalue weighted by molar-refractivity contribution is -0.137. The van der Waals surface area contributed by atoms with Crippen LogP contribution in [0.15, 0.2) is 24.3 Å². The molecule has 2 N–H and O–H groups in total. The highest BCUT2D eigenvalue weighted by atomic mass is 19.4. The van der Waals surface area contributed by atoms with E-state index in [0.29, 0.717) is 19.6 Å². The number of hydrogen-bond acceptors (Lipinski definition) is 2. The molecule has 2 rings (SSSR count). The number of benzene rings is 1. The standard InChI is InChI=1S/C17H23F3N2O2/c1-11(13-3-5-15(6-4-13)17(18,19)20)9-21-16(24)22-8-7-14(10-22)12(2)23/h3-6,11-12,14,23H,7-10H2,1-2H3,(H,21,24). The lowest BCUT2D eigenvalue weighted by atomic mass is 10.00. The van der Waals surface area contributed by atoms with Crippen molar-refractivity contribution in [2.75, 3.05) is 19.6 Å². The Balaban J connectivity index is 1.84. The molecule has 0 saturated carbocycles. The number of aliphatic hydroxyl groups is 1. The minimum absolute atomic E-state index is 0.0913. The predicted octanol–water partition coefficient (Wildman–Crippen LogP) is 3.22. The van der Waals surface area contributed by atoms with E-state index in [1.807, 2.05) is 6.92 Å². The zero-order valence-corrected chi connectivity index (χ0v) is 13.8. The monoisotopic (exact) mass is 344 g/mol. The lowest BCUT2D eigenvalue weighted by Gasteiger charge is -2.20. The average Bonchev–Trinajstić information content (AvgIpc) is 3.02. The van der Waals surface area contributed by atoms with Gasteiger partial charge in [0, 0.05) is 25.6 Å². The predicted molar refractivity (Wildman–Crippen MR) is 84.6 cm³/mol. The first-order valence-electron chi connectivity index (χ1n) is 8.06. The van der Waals surface area contributed by atoms with Crippen molar-refractivity contribution in [2.45, 2.75) is 38.5 Å². The first kappa shape index (κ1) is 18.6. The Hall–Kier alpha value is -1.76. The van der Waals surface area contributed by atoms with Gasteiger partial charge in [0.1, 0.15) is 0 Å². The van der Waals surface area contributed by atoms with E-state index in [-0.39, 0.29) is 17.9 Å². The molecule has 1 heterocycles. The molecule has 1 aliphatic rings. The summed E-state index contributed by atoms with van der Waals surface area (Å²) in [4.78, 5) is 13.8. The second kappa shape index (κ2) is 7.42. The van der Waals surface area contributed by atoms with Gasteiger partial charge >= 0.3 is 12.2 Å². The minimum Gasteiger partial charge on any atom is -0.393 e. The van der Waals surface area contributed by atoms with Crippen LogP contribution in [0, 0.1) is 5.92 Å². The van der Waals surface area contributed by atoms with Crippen LogP contribution in [-0.2, 0) is 6.18 Å². The largest absolute Gasteiger partial charge is 0.416 e. The van der Waals surface area contributed by atoms with Gasteiger partial charge in [-0.15, -0.1) is 0 Å². The van der Waals surface area contributed by atoms with E-state index in [4.69, 9.17) is 0 Å². The number of likely N-dealkylation sites (tertiary alicyclic amines) is 1. The molecule has 0 spiro atoms. The van der Waals surface area contributed by atoms with Crippen molar-refractivity contribution in [3.05, 3.63) is 35.4 Å². The Kier molecular flexibility index (Phi) is 5.74. The summed E-state index contributed by atoms with van der Waals surface area (Å²) in [5, 5.41) is 12.4. The minimum atomic E-state index is -4.34. The van der Waals surface area contributed by atoms with Crippen LogP contribution < -0.4 is 5.32 Å². The number of aliphatic hydroxyl groups excluding tert-OH is 1. The molecule has 0 radical (unpaired) electrons. The van der Waals surface area contributed by atoms with Crippen molar-refractivity contribution >= 4 is 6.03 Å². The number of rotatable bonds is 4. The van der Waals surface area contributed by atoms with Gasteiger partial charge in [-0.3, -0.25) is 0 Å². The molecular formula is C17H23F3N2O2. The molecule has 1 aromatic carbocycles. The Labute approximate surface area is 139 Å². The third-order valence-electron chi connectivity index (χ3n) is 4.56. The van der Waals surface area contributed by atoms with Crippen molar-refractivity contribution in [1.29, 1.82) is 0 Å². The third-order valence-corrected chi connectivity index (χ3v) is 4.56. The smallest absolute Gasteiger partial charge is 0.393 e. The van der Waals surface area contributed by atoms with Crippen LogP contribution in [0.3, 0.4) is 0 Å². The first-order valence-corrected chi connectivity index (χ1v) is 8.06. The second-order valence-corrected chi connectivity index (χ2v) is 6.44. The molecule has 7 heteroatoms. The summed E-state index contributed by atoms with van der Waals surface area (Å²) in [6, 6.07) is 4.80. The van der Waals surface area contributed by atoms with Crippen molar-refractivity contribution in [2.24, 2.45) is 5.92 Å². The maximum Gasteiger partial charge on any atom is 0.416 e. The normalized spacial score (nSPS) is 20.8. The van der Waals surface area contributed by atoms with E-state index >= 15 is 0 Å². The third kappa shape index (κ3) is 4.63. The van der Waals surface area contributed by atoms with Gasteiger partial charge in [0.05, 0.1) is 11.7 Å². The quantitative estimate of drug-likeness (QED) is 0.881. The zero-order valence-electron chi connectivity index (χ0n) is 13.8. The molecule has 0 aromatic heterocycles. The lowest BCUT2D eigenvalue weighted by Crippen LogP contribution is -2.40. The fourth-order valence-corrected chi connectivity index (χ4v) is 2.84. The van der Waals surface area contributed by atoms with Crippen molar-refractivity contribution in [3.8, 4) is 0 Å². The first-order chi connectivity index (χ1) is 11.2. The maximum atomic E-state index is 12.6. The number of halogens is 3. The molecule has 1 saturated heterocycles. The van der Waals surface area contributed by atoms with Gasteiger partial charge in [0.25, 0.3) is 0 Å². The van der Waals surface area contributed by atoms with Gasteiger partial charge in [0.15, 0.2) is 0 Å². The SMILES string of the molecule is CC(CNC(=O)N1CCC(C(C)O)C1)c1ccc(C(F)(F)F)cc1. The second-order valence-electron chi connectivity index (χ2n) is 6.44. The molecule has 1 aliphatic heterocycles. The molecule has 0 aliphatic carbocycles. The molecule has 2 amide bonds. The Morgan fingerprint density at radius 2 is 1.96 bits per heavy atom. The summed E-state index contributed by atoms with van der Waals surface area (Å²) < 4.78 is 37.7. The van der Waals surface area contributed by atoms with Gasteiger partial charge in [-0.2, -0.15) is 13.2 Å². The fourth-order valence-electron chi connectivity index (χ4n) is 2.84. The maximum absolute atomic E-state index is 12.6. The van der Waals surface area contributed by atoms with Crippen LogP contribution in [0.5, 0.6) is 0 Å². The number of hydrogen-bond donors (Lipinski definition) is 2. The number of amides is 2. The summed E-state index contributed by atoms with van der Waals surface area (Å²) in [6.45, 7) is 5.05. The van der Waals surface area contributed by atoms with Crippen molar-refractivity contribution in [3.63, 3.8) is 0 Å². The Morgan fingerprint density at radius 1 is 1.33 bits per heavy atom. The van der Waals surface area contributed by atoms with Gasteiger partial charge in [-0.25, -0.2) is 4.79 Å². The van der Waals surface area contributed by atoms with E-state index in [1.165, 1.54) is 12.1 Å². The van der Waals surface area contributed by atoms with Gasteiger partial charge in [-0.1, -0.05) is 19.1 Å². The summed E-state index contributed by atoms with van der Waals surface area (Å²) in [5.41, 5.74) is 0.0651. The van der Waals surface area contributed by atoms with E-state index in [1.54, 1.807) is 11.8 Å². The summed E-state index contributed by atoms with van der Waals surface area (Å²) in [5.74, 6) is 0.00878. The number of nitrogens with zero attached hydrogens (tertiary/aromatic N) is 1. The molecule has 24 heavy (non-hydrogen) atoms. The summed E-state index contributed by atoms with van der Waals surface area (Å²) in [6.07, 6.45) is -4.00. The van der Waals surface area contributed by atoms with Crippen LogP contribution >= 0.6 is 0 Å². The highest BCUT2D eigenvalue weighted by molar-refractivity contribution is 5.74. The molecule has 0 bridgehead atoms. The molecule has 1 fully saturated rings. The van der Waals surface area contributed by atoms with Crippen LogP contribution in [0.2, 0.25) is 0 Å². The molecule has 134 valence electrons. The Morgan fingerprint density at radius 3 is 2.46 bits per heavy atom. The van der Waals surface area contributed by atoms with Gasteiger partial charge in [-0.05, 0) is 37.0 Å².